The number of carbonyl (C=O) groups excluding carboxylic acids is 1. The molecule has 0 saturated carbocycles. The van der Waals surface area contributed by atoms with Crippen LogP contribution in [-0.4, -0.2) is 61.5 Å². The summed E-state index contributed by atoms with van der Waals surface area (Å²) in [6.07, 6.45) is 7.31. The monoisotopic (exact) mass is 345 g/mol. The number of hydrogen-bond donors (Lipinski definition) is 0. The maximum atomic E-state index is 13.2. The smallest absolute Gasteiger partial charge is 0.257 e. The van der Waals surface area contributed by atoms with Gasteiger partial charge < -0.3 is 19.3 Å². The van der Waals surface area contributed by atoms with Gasteiger partial charge in [0.05, 0.1) is 18.8 Å². The lowest BCUT2D eigenvalue weighted by Gasteiger charge is -2.36. The zero-order valence-electron chi connectivity index (χ0n) is 14.7. The summed E-state index contributed by atoms with van der Waals surface area (Å²) in [5.74, 6) is 1.22. The van der Waals surface area contributed by atoms with Crippen LogP contribution in [0.25, 0.3) is 0 Å². The van der Waals surface area contributed by atoms with Gasteiger partial charge in [-0.3, -0.25) is 4.79 Å². The summed E-state index contributed by atoms with van der Waals surface area (Å²) in [5, 5.41) is 0. The second-order valence-electron chi connectivity index (χ2n) is 7.19. The average molecular weight is 345 g/mol. The lowest BCUT2D eigenvalue weighted by molar-refractivity contribution is -0.0969. The highest BCUT2D eigenvalue weighted by Gasteiger charge is 2.34. The molecular weight excluding hydrogens is 318 g/mol. The Bertz CT molecular complexity index is 597. The molecule has 0 spiro atoms. The number of nitrogens with zero attached hydrogens (tertiary/aromatic N) is 3. The molecule has 1 aromatic heterocycles. The zero-order valence-corrected chi connectivity index (χ0v) is 14.7. The van der Waals surface area contributed by atoms with Crippen molar-refractivity contribution in [2.24, 2.45) is 5.92 Å². The van der Waals surface area contributed by atoms with Gasteiger partial charge in [-0.25, -0.2) is 4.98 Å². The number of pyridine rings is 1. The molecule has 0 aromatic carbocycles. The number of rotatable bonds is 3. The second-order valence-corrected chi connectivity index (χ2v) is 7.19. The highest BCUT2D eigenvalue weighted by atomic mass is 16.7. The van der Waals surface area contributed by atoms with Crippen molar-refractivity contribution in [2.45, 2.75) is 38.4 Å². The van der Waals surface area contributed by atoms with Crippen molar-refractivity contribution in [3.63, 3.8) is 0 Å². The predicted octanol–water partition coefficient (Wildman–Crippen LogP) is 2.30. The van der Waals surface area contributed by atoms with Gasteiger partial charge in [0, 0.05) is 38.3 Å². The van der Waals surface area contributed by atoms with Crippen LogP contribution in [0.1, 0.15) is 42.5 Å². The third-order valence-electron chi connectivity index (χ3n) is 5.45. The summed E-state index contributed by atoms with van der Waals surface area (Å²) >= 11 is 0. The number of anilines is 1. The van der Waals surface area contributed by atoms with Crippen molar-refractivity contribution < 1.29 is 14.3 Å². The number of amides is 1. The third kappa shape index (κ3) is 3.65. The molecule has 4 heterocycles. The molecule has 0 N–H and O–H groups in total. The van der Waals surface area contributed by atoms with Crippen LogP contribution in [-0.2, 0) is 9.47 Å². The standard InChI is InChI=1S/C19H27N3O3/c23-18(22-11-5-6-15(14-22)19-24-12-13-25-19)16-7-4-8-20-17(16)21-9-2-1-3-10-21/h4,7-8,15,19H,1-3,5-6,9-14H2. The SMILES string of the molecule is O=C(c1cccnc1N1CCCCC1)N1CCCC(C2OCCO2)C1. The van der Waals surface area contributed by atoms with Crippen LogP contribution in [0.3, 0.4) is 0 Å². The minimum absolute atomic E-state index is 0.0939. The van der Waals surface area contributed by atoms with Crippen molar-refractivity contribution in [1.29, 1.82) is 0 Å². The van der Waals surface area contributed by atoms with Crippen LogP contribution in [0.15, 0.2) is 18.3 Å². The van der Waals surface area contributed by atoms with E-state index in [-0.39, 0.29) is 18.1 Å². The van der Waals surface area contributed by atoms with Gasteiger partial charge >= 0.3 is 0 Å². The van der Waals surface area contributed by atoms with E-state index in [2.05, 4.69) is 9.88 Å². The number of ether oxygens (including phenoxy) is 2. The number of likely N-dealkylation sites (tertiary alicyclic amines) is 1. The summed E-state index contributed by atoms with van der Waals surface area (Å²) in [6.45, 7) is 4.81. The van der Waals surface area contributed by atoms with Gasteiger partial charge in [0.1, 0.15) is 5.82 Å². The zero-order chi connectivity index (χ0) is 17.1. The Balaban J connectivity index is 1.50. The molecule has 25 heavy (non-hydrogen) atoms. The summed E-state index contributed by atoms with van der Waals surface area (Å²) in [7, 11) is 0. The largest absolute Gasteiger partial charge is 0.356 e. The number of carbonyl (C=O) groups is 1. The Kier molecular flexibility index (Phi) is 5.17. The van der Waals surface area contributed by atoms with E-state index in [9.17, 15) is 4.79 Å². The molecule has 4 rings (SSSR count). The third-order valence-corrected chi connectivity index (χ3v) is 5.45. The molecular formula is C19H27N3O3. The van der Waals surface area contributed by atoms with Gasteiger partial charge in [0.25, 0.3) is 5.91 Å². The average Bonchev–Trinajstić information content (AvgIpc) is 3.23. The molecule has 0 aliphatic carbocycles. The van der Waals surface area contributed by atoms with Crippen molar-refractivity contribution in [1.82, 2.24) is 9.88 Å². The van der Waals surface area contributed by atoms with Crippen molar-refractivity contribution in [3.05, 3.63) is 23.9 Å². The van der Waals surface area contributed by atoms with Gasteiger partial charge in [-0.15, -0.1) is 0 Å². The van der Waals surface area contributed by atoms with E-state index in [1.165, 1.54) is 19.3 Å². The minimum Gasteiger partial charge on any atom is -0.356 e. The fourth-order valence-electron chi connectivity index (χ4n) is 4.16. The Hall–Kier alpha value is -1.66. The van der Waals surface area contributed by atoms with Crippen LogP contribution in [0, 0.1) is 5.92 Å². The van der Waals surface area contributed by atoms with Crippen molar-refractivity contribution in [2.75, 3.05) is 44.3 Å². The first-order valence-electron chi connectivity index (χ1n) is 9.55. The molecule has 0 radical (unpaired) electrons. The highest BCUT2D eigenvalue weighted by molar-refractivity contribution is 5.99. The molecule has 3 aliphatic rings. The molecule has 1 aromatic rings. The molecule has 0 bridgehead atoms. The maximum absolute atomic E-state index is 13.2. The van der Waals surface area contributed by atoms with E-state index in [0.717, 1.165) is 43.9 Å². The Labute approximate surface area is 149 Å². The van der Waals surface area contributed by atoms with Crippen LogP contribution in [0.5, 0.6) is 0 Å². The van der Waals surface area contributed by atoms with Crippen molar-refractivity contribution in [3.8, 4) is 0 Å². The molecule has 1 amide bonds. The molecule has 6 heteroatoms. The molecule has 3 aliphatic heterocycles. The minimum atomic E-state index is -0.147. The maximum Gasteiger partial charge on any atom is 0.257 e. The van der Waals surface area contributed by atoms with E-state index in [1.54, 1.807) is 6.20 Å². The van der Waals surface area contributed by atoms with E-state index < -0.39 is 0 Å². The van der Waals surface area contributed by atoms with Crippen LogP contribution in [0.2, 0.25) is 0 Å². The lowest BCUT2D eigenvalue weighted by atomic mass is 9.96. The van der Waals surface area contributed by atoms with Gasteiger partial charge in [0.2, 0.25) is 0 Å². The van der Waals surface area contributed by atoms with Gasteiger partial charge in [0.15, 0.2) is 6.29 Å². The quantitative estimate of drug-likeness (QED) is 0.841. The Morgan fingerprint density at radius 2 is 1.88 bits per heavy atom. The van der Waals surface area contributed by atoms with Crippen LogP contribution in [0.4, 0.5) is 5.82 Å². The summed E-state index contributed by atoms with van der Waals surface area (Å²) in [4.78, 5) is 22.0. The first-order valence-corrected chi connectivity index (χ1v) is 9.55. The Morgan fingerprint density at radius 3 is 2.68 bits per heavy atom. The van der Waals surface area contributed by atoms with Gasteiger partial charge in [-0.2, -0.15) is 0 Å². The molecule has 6 nitrogen and oxygen atoms in total. The fraction of sp³-hybridized carbons (Fsp3) is 0.684. The Morgan fingerprint density at radius 1 is 1.08 bits per heavy atom. The summed E-state index contributed by atoms with van der Waals surface area (Å²) in [6, 6.07) is 3.79. The molecule has 3 saturated heterocycles. The van der Waals surface area contributed by atoms with E-state index in [4.69, 9.17) is 9.47 Å². The van der Waals surface area contributed by atoms with E-state index in [1.807, 2.05) is 17.0 Å². The summed E-state index contributed by atoms with van der Waals surface area (Å²) < 4.78 is 11.3. The first-order chi connectivity index (χ1) is 12.3. The summed E-state index contributed by atoms with van der Waals surface area (Å²) in [5.41, 5.74) is 0.735. The van der Waals surface area contributed by atoms with Crippen LogP contribution < -0.4 is 4.90 Å². The fourth-order valence-corrected chi connectivity index (χ4v) is 4.16. The second kappa shape index (κ2) is 7.70. The van der Waals surface area contributed by atoms with Crippen molar-refractivity contribution >= 4 is 11.7 Å². The van der Waals surface area contributed by atoms with E-state index in [0.29, 0.717) is 19.8 Å². The number of hydrogen-bond acceptors (Lipinski definition) is 5. The first kappa shape index (κ1) is 16.8. The normalized spacial score (nSPS) is 25.4. The van der Waals surface area contributed by atoms with Gasteiger partial charge in [-0.05, 0) is 44.2 Å². The number of aromatic nitrogens is 1. The number of piperidine rings is 2. The lowest BCUT2D eigenvalue weighted by Crippen LogP contribution is -2.44. The molecule has 1 unspecified atom stereocenters. The molecule has 1 atom stereocenters. The highest BCUT2D eigenvalue weighted by Crippen LogP contribution is 2.28. The molecule has 3 fully saturated rings. The van der Waals surface area contributed by atoms with Crippen LogP contribution >= 0.6 is 0 Å². The molecule has 136 valence electrons. The topological polar surface area (TPSA) is 54.9 Å². The predicted molar refractivity (Wildman–Crippen MR) is 94.6 cm³/mol. The van der Waals surface area contributed by atoms with Gasteiger partial charge in [-0.1, -0.05) is 0 Å². The van der Waals surface area contributed by atoms with E-state index >= 15 is 0 Å².